The van der Waals surface area contributed by atoms with Gasteiger partial charge in [-0.2, -0.15) is 4.98 Å². The second kappa shape index (κ2) is 10.4. The maximum atomic E-state index is 8.15. The number of unbranched alkanes of at least 4 members (excludes halogenated alkanes) is 5. The lowest BCUT2D eigenvalue weighted by Gasteiger charge is -2.23. The molecular formula is C23H34N4O. The fourth-order valence-electron chi connectivity index (χ4n) is 3.97. The minimum atomic E-state index is 0.0805. The highest BCUT2D eigenvalue weighted by molar-refractivity contribution is 5.79. The molecule has 3 rings (SSSR count). The van der Waals surface area contributed by atoms with Crippen LogP contribution in [0.25, 0.3) is 11.5 Å². The Morgan fingerprint density at radius 1 is 1.11 bits per heavy atom. The van der Waals surface area contributed by atoms with Gasteiger partial charge in [-0.25, -0.2) is 0 Å². The van der Waals surface area contributed by atoms with Gasteiger partial charge < -0.3 is 9.42 Å². The van der Waals surface area contributed by atoms with E-state index in [1.807, 2.05) is 6.92 Å². The van der Waals surface area contributed by atoms with Crippen LogP contribution >= 0.6 is 0 Å². The number of hydrogen-bond acceptors (Lipinski definition) is 4. The van der Waals surface area contributed by atoms with Gasteiger partial charge in [-0.15, -0.1) is 0 Å². The van der Waals surface area contributed by atoms with Gasteiger partial charge in [-0.3, -0.25) is 5.41 Å². The SMILES string of the molecule is CCCCCCCCc1ccc(-c2nc(C3CCCN3C(=N)CC)no2)cc1. The molecule has 28 heavy (non-hydrogen) atoms. The Morgan fingerprint density at radius 2 is 1.86 bits per heavy atom. The van der Waals surface area contributed by atoms with Crippen LogP contribution in [0.3, 0.4) is 0 Å². The number of nitrogens with one attached hydrogen (secondary N) is 1. The summed E-state index contributed by atoms with van der Waals surface area (Å²) in [5.74, 6) is 1.95. The van der Waals surface area contributed by atoms with E-state index in [0.717, 1.165) is 37.8 Å². The first kappa shape index (κ1) is 20.6. The summed E-state index contributed by atoms with van der Waals surface area (Å²) in [6.45, 7) is 5.19. The first-order valence-corrected chi connectivity index (χ1v) is 11.0. The van der Waals surface area contributed by atoms with Crippen LogP contribution in [-0.2, 0) is 6.42 Å². The number of likely N-dealkylation sites (tertiary alicyclic amines) is 1. The lowest BCUT2D eigenvalue weighted by atomic mass is 10.0. The Hall–Kier alpha value is -2.17. The lowest BCUT2D eigenvalue weighted by molar-refractivity contribution is 0.350. The zero-order valence-electron chi connectivity index (χ0n) is 17.4. The Balaban J connectivity index is 1.55. The van der Waals surface area contributed by atoms with Crippen LogP contribution in [0.4, 0.5) is 0 Å². The summed E-state index contributed by atoms with van der Waals surface area (Å²) in [4.78, 5) is 6.76. The van der Waals surface area contributed by atoms with Gasteiger partial charge in [0.25, 0.3) is 5.89 Å². The molecule has 1 aliphatic rings. The van der Waals surface area contributed by atoms with Crippen LogP contribution in [0.5, 0.6) is 0 Å². The molecule has 0 bridgehead atoms. The minimum absolute atomic E-state index is 0.0805. The van der Waals surface area contributed by atoms with Gasteiger partial charge in [0.2, 0.25) is 0 Å². The molecule has 1 aromatic carbocycles. The van der Waals surface area contributed by atoms with Gasteiger partial charge in [0.15, 0.2) is 5.82 Å². The molecule has 0 aliphatic carbocycles. The summed E-state index contributed by atoms with van der Waals surface area (Å²) < 4.78 is 5.54. The molecule has 2 aromatic rings. The van der Waals surface area contributed by atoms with Crippen molar-refractivity contribution in [2.75, 3.05) is 6.54 Å². The molecule has 1 atom stereocenters. The van der Waals surface area contributed by atoms with Crippen molar-refractivity contribution in [3.8, 4) is 11.5 Å². The topological polar surface area (TPSA) is 66.0 Å². The summed E-state index contributed by atoms with van der Waals surface area (Å²) in [6, 6.07) is 8.62. The van der Waals surface area contributed by atoms with Gasteiger partial charge in [0, 0.05) is 18.5 Å². The summed E-state index contributed by atoms with van der Waals surface area (Å²) >= 11 is 0. The van der Waals surface area contributed by atoms with E-state index in [0.29, 0.717) is 17.6 Å². The Kier molecular flexibility index (Phi) is 7.63. The Morgan fingerprint density at radius 3 is 2.61 bits per heavy atom. The third-order valence-electron chi connectivity index (χ3n) is 5.69. The first-order valence-electron chi connectivity index (χ1n) is 11.0. The van der Waals surface area contributed by atoms with Crippen LogP contribution < -0.4 is 0 Å². The van der Waals surface area contributed by atoms with Crippen molar-refractivity contribution in [2.45, 2.75) is 84.1 Å². The number of rotatable bonds is 10. The van der Waals surface area contributed by atoms with E-state index in [1.165, 1.54) is 44.1 Å². The van der Waals surface area contributed by atoms with E-state index in [9.17, 15) is 0 Å². The van der Waals surface area contributed by atoms with Crippen molar-refractivity contribution >= 4 is 5.84 Å². The molecule has 0 spiro atoms. The Bertz CT molecular complexity index is 737. The molecular weight excluding hydrogens is 348 g/mol. The van der Waals surface area contributed by atoms with Crippen LogP contribution in [-0.4, -0.2) is 27.4 Å². The molecule has 1 unspecified atom stereocenters. The fraction of sp³-hybridized carbons (Fsp3) is 0.609. The van der Waals surface area contributed by atoms with Crippen molar-refractivity contribution < 1.29 is 4.52 Å². The minimum Gasteiger partial charge on any atom is -0.350 e. The van der Waals surface area contributed by atoms with E-state index in [2.05, 4.69) is 46.2 Å². The van der Waals surface area contributed by atoms with Gasteiger partial charge in [0.05, 0.1) is 11.9 Å². The molecule has 152 valence electrons. The highest BCUT2D eigenvalue weighted by Crippen LogP contribution is 2.32. The fourth-order valence-corrected chi connectivity index (χ4v) is 3.97. The average molecular weight is 383 g/mol. The maximum Gasteiger partial charge on any atom is 0.257 e. The normalized spacial score (nSPS) is 16.6. The van der Waals surface area contributed by atoms with Crippen LogP contribution in [0.2, 0.25) is 0 Å². The van der Waals surface area contributed by atoms with E-state index in [1.54, 1.807) is 0 Å². The first-order chi connectivity index (χ1) is 13.7. The zero-order chi connectivity index (χ0) is 19.8. The van der Waals surface area contributed by atoms with Crippen molar-refractivity contribution in [3.63, 3.8) is 0 Å². The standard InChI is InChI=1S/C23H34N4O/c1-3-5-6-7-8-9-11-18-13-15-19(16-14-18)23-25-22(26-28-23)20-12-10-17-27(20)21(24)4-2/h13-16,20,24H,3-12,17H2,1-2H3. The number of benzene rings is 1. The summed E-state index contributed by atoms with van der Waals surface area (Å²) in [5, 5.41) is 12.4. The van der Waals surface area contributed by atoms with Crippen molar-refractivity contribution in [1.29, 1.82) is 5.41 Å². The molecule has 0 saturated carbocycles. The van der Waals surface area contributed by atoms with E-state index >= 15 is 0 Å². The molecule has 5 nitrogen and oxygen atoms in total. The van der Waals surface area contributed by atoms with Gasteiger partial charge in [0.1, 0.15) is 0 Å². The molecule has 0 radical (unpaired) electrons. The number of aryl methyl sites for hydroxylation is 1. The molecule has 0 amide bonds. The van der Waals surface area contributed by atoms with Gasteiger partial charge >= 0.3 is 0 Å². The highest BCUT2D eigenvalue weighted by atomic mass is 16.5. The summed E-state index contributed by atoms with van der Waals surface area (Å²) in [6.07, 6.45) is 11.9. The third-order valence-corrected chi connectivity index (χ3v) is 5.69. The largest absolute Gasteiger partial charge is 0.350 e. The molecule has 1 aromatic heterocycles. The number of aromatic nitrogens is 2. The second-order valence-corrected chi connectivity index (χ2v) is 7.82. The summed E-state index contributed by atoms with van der Waals surface area (Å²) in [5.41, 5.74) is 2.35. The van der Waals surface area contributed by atoms with E-state index in [-0.39, 0.29) is 6.04 Å². The van der Waals surface area contributed by atoms with Gasteiger partial charge in [-0.1, -0.05) is 63.2 Å². The second-order valence-electron chi connectivity index (χ2n) is 7.82. The molecule has 1 saturated heterocycles. The Labute approximate surface area is 169 Å². The number of nitrogens with zero attached hydrogens (tertiary/aromatic N) is 3. The van der Waals surface area contributed by atoms with Gasteiger partial charge in [-0.05, 0) is 43.4 Å². The molecule has 1 N–H and O–H groups in total. The van der Waals surface area contributed by atoms with Crippen LogP contribution in [0.1, 0.15) is 89.1 Å². The predicted octanol–water partition coefficient (Wildman–Crippen LogP) is 6.16. The molecule has 2 heterocycles. The summed E-state index contributed by atoms with van der Waals surface area (Å²) in [7, 11) is 0. The van der Waals surface area contributed by atoms with Crippen molar-refractivity contribution in [2.24, 2.45) is 0 Å². The predicted molar refractivity (Wildman–Crippen MR) is 114 cm³/mol. The number of hydrogen-bond donors (Lipinski definition) is 1. The third kappa shape index (κ3) is 5.21. The average Bonchev–Trinajstić information content (AvgIpc) is 3.40. The highest BCUT2D eigenvalue weighted by Gasteiger charge is 2.31. The van der Waals surface area contributed by atoms with Crippen molar-refractivity contribution in [1.82, 2.24) is 15.0 Å². The zero-order valence-corrected chi connectivity index (χ0v) is 17.4. The quantitative estimate of drug-likeness (QED) is 0.303. The van der Waals surface area contributed by atoms with E-state index in [4.69, 9.17) is 9.93 Å². The number of amidine groups is 1. The van der Waals surface area contributed by atoms with E-state index < -0.39 is 0 Å². The molecule has 1 fully saturated rings. The van der Waals surface area contributed by atoms with Crippen molar-refractivity contribution in [3.05, 3.63) is 35.7 Å². The maximum absolute atomic E-state index is 8.15. The monoisotopic (exact) mass is 382 g/mol. The van der Waals surface area contributed by atoms with Crippen LogP contribution in [0, 0.1) is 5.41 Å². The molecule has 1 aliphatic heterocycles. The van der Waals surface area contributed by atoms with Crippen LogP contribution in [0.15, 0.2) is 28.8 Å². The lowest BCUT2D eigenvalue weighted by Crippen LogP contribution is -2.29. The molecule has 5 heteroatoms. The smallest absolute Gasteiger partial charge is 0.257 e.